The van der Waals surface area contributed by atoms with Gasteiger partial charge in [-0.2, -0.15) is 0 Å². The number of unbranched alkanes of at least 4 members (excludes halogenated alkanes) is 4. The molecule has 0 amide bonds. The van der Waals surface area contributed by atoms with Gasteiger partial charge in [0.05, 0.1) is 0 Å². The monoisotopic (exact) mass is 440 g/mol. The van der Waals surface area contributed by atoms with Crippen molar-refractivity contribution in [2.75, 3.05) is 0 Å². The summed E-state index contributed by atoms with van der Waals surface area (Å²) < 4.78 is 41.6. The minimum Gasteiger partial charge on any atom is -0.406 e. The van der Waals surface area contributed by atoms with Crippen molar-refractivity contribution in [3.8, 4) is 5.75 Å². The number of halogens is 3. The van der Waals surface area contributed by atoms with Gasteiger partial charge in [0.2, 0.25) is 0 Å². The van der Waals surface area contributed by atoms with E-state index in [0.717, 1.165) is 36.8 Å². The summed E-state index contributed by atoms with van der Waals surface area (Å²) in [5.74, 6) is 0.265. The van der Waals surface area contributed by atoms with Crippen molar-refractivity contribution in [3.05, 3.63) is 76.9 Å². The number of alkyl halides is 3. The van der Waals surface area contributed by atoms with Gasteiger partial charge >= 0.3 is 6.36 Å². The lowest BCUT2D eigenvalue weighted by molar-refractivity contribution is -0.274. The maximum absolute atomic E-state index is 12.5. The predicted octanol–water partition coefficient (Wildman–Crippen LogP) is 8.52. The third kappa shape index (κ3) is 5.85. The molecule has 0 heterocycles. The summed E-state index contributed by atoms with van der Waals surface area (Å²) in [6, 6.07) is 18.3. The second-order valence-corrected chi connectivity index (χ2v) is 9.02. The molecular weight excluding hydrogens is 409 g/mol. The molecule has 1 nitrogen and oxygen atoms in total. The summed E-state index contributed by atoms with van der Waals surface area (Å²) >= 11 is 0. The maximum atomic E-state index is 12.5. The van der Waals surface area contributed by atoms with E-state index < -0.39 is 6.36 Å². The van der Waals surface area contributed by atoms with Crippen molar-refractivity contribution in [1.82, 2.24) is 0 Å². The molecule has 1 unspecified atom stereocenters. The van der Waals surface area contributed by atoms with Crippen LogP contribution in [-0.2, 0) is 19.3 Å². The van der Waals surface area contributed by atoms with Crippen LogP contribution >= 0.6 is 0 Å². The lowest BCUT2D eigenvalue weighted by atomic mass is 9.79. The van der Waals surface area contributed by atoms with Gasteiger partial charge in [-0.15, -0.1) is 13.2 Å². The van der Waals surface area contributed by atoms with Gasteiger partial charge < -0.3 is 4.74 Å². The third-order valence-electron chi connectivity index (χ3n) is 6.61. The molecule has 4 heteroatoms. The minimum absolute atomic E-state index is 0.124. The summed E-state index contributed by atoms with van der Waals surface area (Å²) in [5, 5.41) is 2.54. The molecule has 0 aliphatic heterocycles. The minimum atomic E-state index is -4.65. The van der Waals surface area contributed by atoms with Crippen LogP contribution in [0, 0.1) is 0 Å². The quantitative estimate of drug-likeness (QED) is 0.319. The Kier molecular flexibility index (Phi) is 7.07. The highest BCUT2D eigenvalue weighted by Gasteiger charge is 2.31. The second kappa shape index (κ2) is 9.97. The van der Waals surface area contributed by atoms with Crippen LogP contribution in [0.1, 0.15) is 73.6 Å². The van der Waals surface area contributed by atoms with E-state index in [9.17, 15) is 13.2 Å². The zero-order chi connectivity index (χ0) is 22.6. The van der Waals surface area contributed by atoms with Crippen molar-refractivity contribution >= 4 is 10.8 Å². The molecule has 1 atom stereocenters. The van der Waals surface area contributed by atoms with E-state index in [0.29, 0.717) is 5.92 Å². The lowest BCUT2D eigenvalue weighted by Crippen LogP contribution is -2.18. The fraction of sp³-hybridized carbons (Fsp3) is 0.429. The van der Waals surface area contributed by atoms with Gasteiger partial charge in [-0.25, -0.2) is 0 Å². The zero-order valence-electron chi connectivity index (χ0n) is 18.7. The molecule has 0 saturated heterocycles. The van der Waals surface area contributed by atoms with Crippen molar-refractivity contribution in [3.63, 3.8) is 0 Å². The molecule has 0 aromatic heterocycles. The van der Waals surface area contributed by atoms with E-state index in [2.05, 4.69) is 48.1 Å². The highest BCUT2D eigenvalue weighted by atomic mass is 19.4. The Morgan fingerprint density at radius 2 is 1.62 bits per heavy atom. The molecule has 32 heavy (non-hydrogen) atoms. The van der Waals surface area contributed by atoms with Crippen LogP contribution in [0.25, 0.3) is 10.8 Å². The molecule has 3 aromatic carbocycles. The van der Waals surface area contributed by atoms with E-state index in [-0.39, 0.29) is 5.75 Å². The summed E-state index contributed by atoms with van der Waals surface area (Å²) in [5.41, 5.74) is 4.80. The standard InChI is InChI=1S/C28H31F3O/c1-2-3-4-5-6-7-20-8-9-22-17-23(11-10-21(22)16-20)24-12-13-26-19-27(32-28(29,30)31)15-14-25(26)18-24/h8-11,14-17,19,24H,2-7,12-13,18H2,1H3. The van der Waals surface area contributed by atoms with Crippen molar-refractivity contribution in [2.24, 2.45) is 0 Å². The molecular formula is C28H31F3O. The van der Waals surface area contributed by atoms with Crippen LogP contribution in [-0.4, -0.2) is 6.36 Å². The van der Waals surface area contributed by atoms with Crippen molar-refractivity contribution in [1.29, 1.82) is 0 Å². The highest BCUT2D eigenvalue weighted by molar-refractivity contribution is 5.84. The van der Waals surface area contributed by atoms with E-state index >= 15 is 0 Å². The lowest BCUT2D eigenvalue weighted by Gasteiger charge is -2.26. The molecule has 1 aliphatic carbocycles. The predicted molar refractivity (Wildman–Crippen MR) is 124 cm³/mol. The average molecular weight is 441 g/mol. The molecule has 0 spiro atoms. The van der Waals surface area contributed by atoms with Crippen LogP contribution in [0.15, 0.2) is 54.6 Å². The van der Waals surface area contributed by atoms with Crippen LogP contribution in [0.4, 0.5) is 13.2 Å². The van der Waals surface area contributed by atoms with Gasteiger partial charge in [0.25, 0.3) is 0 Å². The Bertz CT molecular complexity index is 1050. The molecule has 1 aliphatic rings. The van der Waals surface area contributed by atoms with Gasteiger partial charge in [-0.3, -0.25) is 0 Å². The molecule has 0 fully saturated rings. The smallest absolute Gasteiger partial charge is 0.406 e. The first-order chi connectivity index (χ1) is 15.4. The van der Waals surface area contributed by atoms with Crippen LogP contribution in [0.3, 0.4) is 0 Å². The number of ether oxygens (including phenoxy) is 1. The Morgan fingerprint density at radius 1 is 0.844 bits per heavy atom. The molecule has 4 rings (SSSR count). The SMILES string of the molecule is CCCCCCCc1ccc2cc(C3CCc4cc(OC(F)(F)F)ccc4C3)ccc2c1. The topological polar surface area (TPSA) is 9.23 Å². The first-order valence-corrected chi connectivity index (χ1v) is 11.8. The normalized spacial score (nSPS) is 16.2. The molecule has 3 aromatic rings. The summed E-state index contributed by atoms with van der Waals surface area (Å²) in [7, 11) is 0. The van der Waals surface area contributed by atoms with Gasteiger partial charge in [0, 0.05) is 0 Å². The van der Waals surface area contributed by atoms with E-state index in [1.54, 1.807) is 12.1 Å². The van der Waals surface area contributed by atoms with Crippen LogP contribution in [0.5, 0.6) is 5.75 Å². The van der Waals surface area contributed by atoms with Crippen LogP contribution < -0.4 is 4.74 Å². The molecule has 0 radical (unpaired) electrons. The first kappa shape index (κ1) is 22.7. The Labute approximate surface area is 188 Å². The van der Waals surface area contributed by atoms with Crippen LogP contribution in [0.2, 0.25) is 0 Å². The highest BCUT2D eigenvalue weighted by Crippen LogP contribution is 2.36. The molecule has 170 valence electrons. The molecule has 0 saturated carbocycles. The van der Waals surface area contributed by atoms with Gasteiger partial charge in [-0.1, -0.05) is 75.1 Å². The Balaban J connectivity index is 1.42. The number of hydrogen-bond acceptors (Lipinski definition) is 1. The fourth-order valence-electron chi connectivity index (χ4n) is 4.87. The maximum Gasteiger partial charge on any atom is 0.573 e. The van der Waals surface area contributed by atoms with Gasteiger partial charge in [-0.05, 0) is 83.2 Å². The molecule has 0 N–H and O–H groups in total. The van der Waals surface area contributed by atoms with E-state index in [1.807, 2.05) is 0 Å². The number of hydrogen-bond donors (Lipinski definition) is 0. The van der Waals surface area contributed by atoms with E-state index in [1.165, 1.54) is 60.1 Å². The summed E-state index contributed by atoms with van der Waals surface area (Å²) in [4.78, 5) is 0. The van der Waals surface area contributed by atoms with E-state index in [4.69, 9.17) is 0 Å². The number of benzene rings is 3. The van der Waals surface area contributed by atoms with Gasteiger partial charge in [0.1, 0.15) is 5.75 Å². The second-order valence-electron chi connectivity index (χ2n) is 9.02. The molecule has 0 bridgehead atoms. The number of fused-ring (bicyclic) bond motifs is 2. The largest absolute Gasteiger partial charge is 0.573 e. The Morgan fingerprint density at radius 3 is 2.44 bits per heavy atom. The fourth-order valence-corrected chi connectivity index (χ4v) is 4.87. The zero-order valence-corrected chi connectivity index (χ0v) is 18.7. The average Bonchev–Trinajstić information content (AvgIpc) is 2.77. The summed E-state index contributed by atoms with van der Waals surface area (Å²) in [6.07, 6.45) is 5.53. The summed E-state index contributed by atoms with van der Waals surface area (Å²) in [6.45, 7) is 2.24. The van der Waals surface area contributed by atoms with Crippen molar-refractivity contribution < 1.29 is 17.9 Å². The first-order valence-electron chi connectivity index (χ1n) is 11.8. The third-order valence-corrected chi connectivity index (χ3v) is 6.61. The number of aryl methyl sites for hydroxylation is 2. The van der Waals surface area contributed by atoms with Gasteiger partial charge in [0.15, 0.2) is 0 Å². The van der Waals surface area contributed by atoms with Crippen molar-refractivity contribution in [2.45, 2.75) is 77.0 Å². The number of rotatable bonds is 8. The Hall–Kier alpha value is -2.49.